The first-order valence-corrected chi connectivity index (χ1v) is 11.8. The minimum absolute atomic E-state index is 0.0712. The first-order valence-electron chi connectivity index (χ1n) is 9.72. The number of hydrogen-bond donors (Lipinski definition) is 2. The Hall–Kier alpha value is -2.51. The standard InChI is InChI=1S/C23H25FN2O2S2/c1-5-30(27,28)26-18-10-11-19(20(24)13-18)16(4)21-12-15(3)22(25-21)23(29)17-8-6-14(2)7-9-17/h6-13,16,25-26H,5H2,1-4H3. The average Bonchev–Trinajstić information content (AvgIpc) is 3.09. The number of nitrogens with one attached hydrogen (secondary N) is 2. The van der Waals surface area contributed by atoms with Crippen LogP contribution in [0.25, 0.3) is 0 Å². The minimum Gasteiger partial charge on any atom is -0.357 e. The van der Waals surface area contributed by atoms with Crippen molar-refractivity contribution < 1.29 is 12.8 Å². The van der Waals surface area contributed by atoms with Gasteiger partial charge in [-0.25, -0.2) is 12.8 Å². The molecule has 158 valence electrons. The second-order valence-corrected chi connectivity index (χ2v) is 9.86. The van der Waals surface area contributed by atoms with Gasteiger partial charge in [0.1, 0.15) is 5.82 Å². The van der Waals surface area contributed by atoms with E-state index in [9.17, 15) is 12.8 Å². The van der Waals surface area contributed by atoms with Crippen LogP contribution in [0.1, 0.15) is 53.4 Å². The van der Waals surface area contributed by atoms with E-state index < -0.39 is 15.8 Å². The lowest BCUT2D eigenvalue weighted by atomic mass is 9.97. The largest absolute Gasteiger partial charge is 0.357 e. The minimum atomic E-state index is -3.45. The van der Waals surface area contributed by atoms with Crippen molar-refractivity contribution in [2.45, 2.75) is 33.6 Å². The van der Waals surface area contributed by atoms with Crippen LogP contribution >= 0.6 is 12.2 Å². The van der Waals surface area contributed by atoms with E-state index in [4.69, 9.17) is 12.2 Å². The van der Waals surface area contributed by atoms with E-state index in [-0.39, 0.29) is 17.4 Å². The monoisotopic (exact) mass is 444 g/mol. The van der Waals surface area contributed by atoms with E-state index in [1.807, 2.05) is 51.1 Å². The molecule has 0 radical (unpaired) electrons. The van der Waals surface area contributed by atoms with Crippen LogP contribution in [0.2, 0.25) is 0 Å². The summed E-state index contributed by atoms with van der Waals surface area (Å²) in [6.45, 7) is 7.43. The van der Waals surface area contributed by atoms with Crippen LogP contribution in [-0.2, 0) is 10.0 Å². The van der Waals surface area contributed by atoms with Gasteiger partial charge in [-0.1, -0.05) is 55.0 Å². The Morgan fingerprint density at radius 3 is 2.40 bits per heavy atom. The van der Waals surface area contributed by atoms with Crippen LogP contribution in [0.3, 0.4) is 0 Å². The highest BCUT2D eigenvalue weighted by Crippen LogP contribution is 2.30. The molecule has 0 aliphatic rings. The number of aromatic amines is 1. The molecule has 7 heteroatoms. The van der Waals surface area contributed by atoms with E-state index >= 15 is 0 Å². The number of anilines is 1. The van der Waals surface area contributed by atoms with Gasteiger partial charge in [0.25, 0.3) is 0 Å². The second-order valence-electron chi connectivity index (χ2n) is 7.44. The molecule has 30 heavy (non-hydrogen) atoms. The second kappa shape index (κ2) is 8.70. The molecule has 1 aromatic heterocycles. The molecule has 0 aliphatic carbocycles. The Balaban J connectivity index is 1.87. The summed E-state index contributed by atoms with van der Waals surface area (Å²) in [5, 5.41) is 0. The summed E-state index contributed by atoms with van der Waals surface area (Å²) >= 11 is 5.67. The van der Waals surface area contributed by atoms with Gasteiger partial charge in [-0.3, -0.25) is 4.72 Å². The van der Waals surface area contributed by atoms with E-state index in [1.54, 1.807) is 12.1 Å². The predicted octanol–water partition coefficient (Wildman–Crippen LogP) is 5.45. The maximum absolute atomic E-state index is 14.8. The SMILES string of the molecule is CCS(=O)(=O)Nc1ccc(C(C)c2cc(C)c(C(=S)c3ccc(C)cc3)[nH]2)c(F)c1. The van der Waals surface area contributed by atoms with Crippen LogP contribution in [0, 0.1) is 19.7 Å². The molecule has 0 aliphatic heterocycles. The topological polar surface area (TPSA) is 62.0 Å². The molecule has 0 spiro atoms. The Bertz CT molecular complexity index is 1180. The fourth-order valence-electron chi connectivity index (χ4n) is 3.26. The van der Waals surface area contributed by atoms with Crippen molar-refractivity contribution in [1.29, 1.82) is 0 Å². The van der Waals surface area contributed by atoms with Crippen LogP contribution in [0.15, 0.2) is 48.5 Å². The summed E-state index contributed by atoms with van der Waals surface area (Å²) in [5.41, 5.74) is 5.51. The lowest BCUT2D eigenvalue weighted by Gasteiger charge is -2.14. The highest BCUT2D eigenvalue weighted by molar-refractivity contribution is 7.92. The summed E-state index contributed by atoms with van der Waals surface area (Å²) in [4.78, 5) is 4.08. The Kier molecular flexibility index (Phi) is 6.43. The van der Waals surface area contributed by atoms with Gasteiger partial charge in [0.2, 0.25) is 10.0 Å². The summed E-state index contributed by atoms with van der Waals surface area (Å²) < 4.78 is 40.6. The Morgan fingerprint density at radius 2 is 1.80 bits per heavy atom. The van der Waals surface area contributed by atoms with Gasteiger partial charge < -0.3 is 4.98 Å². The number of H-pyrrole nitrogens is 1. The van der Waals surface area contributed by atoms with Gasteiger partial charge in [-0.2, -0.15) is 0 Å². The van der Waals surface area contributed by atoms with E-state index in [0.29, 0.717) is 5.56 Å². The lowest BCUT2D eigenvalue weighted by molar-refractivity contribution is 0.600. The Morgan fingerprint density at radius 1 is 1.13 bits per heavy atom. The zero-order valence-electron chi connectivity index (χ0n) is 17.4. The third-order valence-electron chi connectivity index (χ3n) is 5.16. The molecule has 3 aromatic rings. The number of hydrogen-bond acceptors (Lipinski definition) is 3. The van der Waals surface area contributed by atoms with Gasteiger partial charge in [-0.05, 0) is 55.7 Å². The van der Waals surface area contributed by atoms with Crippen molar-refractivity contribution in [2.75, 3.05) is 10.5 Å². The first-order chi connectivity index (χ1) is 14.1. The average molecular weight is 445 g/mol. The molecule has 1 heterocycles. The molecule has 4 nitrogen and oxygen atoms in total. The number of thiocarbonyl (C=S) groups is 1. The molecular formula is C23H25FN2O2S2. The van der Waals surface area contributed by atoms with Crippen molar-refractivity contribution in [3.63, 3.8) is 0 Å². The molecule has 1 atom stereocenters. The molecule has 3 rings (SSSR count). The number of halogens is 1. The number of aryl methyl sites for hydroxylation is 2. The number of aromatic nitrogens is 1. The maximum atomic E-state index is 14.8. The lowest BCUT2D eigenvalue weighted by Crippen LogP contribution is -2.15. The van der Waals surface area contributed by atoms with Crippen molar-refractivity contribution in [2.24, 2.45) is 0 Å². The van der Waals surface area contributed by atoms with E-state index in [1.165, 1.54) is 18.6 Å². The molecule has 0 saturated carbocycles. The molecule has 0 bridgehead atoms. The highest BCUT2D eigenvalue weighted by atomic mass is 32.2. The number of benzene rings is 2. The fourth-order valence-corrected chi connectivity index (χ4v) is 4.24. The number of rotatable bonds is 7. The van der Waals surface area contributed by atoms with E-state index in [2.05, 4.69) is 9.71 Å². The van der Waals surface area contributed by atoms with Crippen molar-refractivity contribution in [3.05, 3.63) is 88.0 Å². The maximum Gasteiger partial charge on any atom is 0.232 e. The molecule has 0 saturated heterocycles. The molecular weight excluding hydrogens is 419 g/mol. The molecule has 2 N–H and O–H groups in total. The molecule has 0 fully saturated rings. The smallest absolute Gasteiger partial charge is 0.232 e. The van der Waals surface area contributed by atoms with Crippen molar-refractivity contribution >= 4 is 32.8 Å². The number of sulfonamides is 1. The highest BCUT2D eigenvalue weighted by Gasteiger charge is 2.19. The molecule has 0 amide bonds. The summed E-state index contributed by atoms with van der Waals surface area (Å²) in [5.74, 6) is -0.790. The zero-order chi connectivity index (χ0) is 22.1. The quantitative estimate of drug-likeness (QED) is 0.376. The predicted molar refractivity (Wildman–Crippen MR) is 125 cm³/mol. The summed E-state index contributed by atoms with van der Waals surface area (Å²) in [6.07, 6.45) is 0. The Labute approximate surface area is 182 Å². The molecule has 1 unspecified atom stereocenters. The van der Waals surface area contributed by atoms with Crippen molar-refractivity contribution in [1.82, 2.24) is 4.98 Å². The third kappa shape index (κ3) is 4.79. The van der Waals surface area contributed by atoms with E-state index in [0.717, 1.165) is 27.4 Å². The van der Waals surface area contributed by atoms with Crippen LogP contribution in [0.4, 0.5) is 10.1 Å². The van der Waals surface area contributed by atoms with Gasteiger partial charge >= 0.3 is 0 Å². The van der Waals surface area contributed by atoms with Crippen molar-refractivity contribution in [3.8, 4) is 0 Å². The fraction of sp³-hybridized carbons (Fsp3) is 0.261. The van der Waals surface area contributed by atoms with Crippen LogP contribution in [-0.4, -0.2) is 24.0 Å². The summed E-state index contributed by atoms with van der Waals surface area (Å²) in [7, 11) is -3.45. The van der Waals surface area contributed by atoms with Gasteiger partial charge in [0.15, 0.2) is 0 Å². The third-order valence-corrected chi connectivity index (χ3v) is 6.91. The normalized spacial score (nSPS) is 12.6. The molecule has 2 aromatic carbocycles. The van der Waals surface area contributed by atoms with Crippen LogP contribution < -0.4 is 4.72 Å². The zero-order valence-corrected chi connectivity index (χ0v) is 19.0. The summed E-state index contributed by atoms with van der Waals surface area (Å²) in [6, 6.07) is 14.4. The van der Waals surface area contributed by atoms with Gasteiger partial charge in [0, 0.05) is 11.6 Å². The van der Waals surface area contributed by atoms with Gasteiger partial charge in [-0.15, -0.1) is 0 Å². The van der Waals surface area contributed by atoms with Crippen LogP contribution in [0.5, 0.6) is 0 Å². The van der Waals surface area contributed by atoms with Gasteiger partial charge in [0.05, 0.1) is 22.0 Å². The first kappa shape index (κ1) is 22.2.